The van der Waals surface area contributed by atoms with Crippen molar-refractivity contribution in [1.82, 2.24) is 20.2 Å². The highest BCUT2D eigenvalue weighted by Crippen LogP contribution is 2.36. The lowest BCUT2D eigenvalue weighted by molar-refractivity contribution is -0.113. The van der Waals surface area contributed by atoms with E-state index in [2.05, 4.69) is 25.5 Å². The minimum atomic E-state index is -0.454. The summed E-state index contributed by atoms with van der Waals surface area (Å²) in [6.45, 7) is 2.01. The first-order valence-corrected chi connectivity index (χ1v) is 11.7. The van der Waals surface area contributed by atoms with Crippen molar-refractivity contribution in [1.29, 1.82) is 0 Å². The Labute approximate surface area is 190 Å². The molecule has 2 aromatic carbocycles. The summed E-state index contributed by atoms with van der Waals surface area (Å²) in [5.74, 6) is -0.652. The molecule has 2 N–H and O–H groups in total. The molecule has 0 saturated heterocycles. The third-order valence-electron chi connectivity index (χ3n) is 4.76. The summed E-state index contributed by atoms with van der Waals surface area (Å²) in [6.07, 6.45) is 0. The molecule has 0 radical (unpaired) electrons. The molecule has 0 saturated carbocycles. The Morgan fingerprint density at radius 1 is 1.09 bits per heavy atom. The van der Waals surface area contributed by atoms with Crippen molar-refractivity contribution in [2.75, 3.05) is 17.7 Å². The van der Waals surface area contributed by atoms with E-state index in [0.717, 1.165) is 21.0 Å². The summed E-state index contributed by atoms with van der Waals surface area (Å²) in [6, 6.07) is 15.3. The molecule has 0 atom stereocenters. The normalized spacial score (nSPS) is 11.3. The Bertz CT molecular complexity index is 1480. The third kappa shape index (κ3) is 3.78. The second kappa shape index (κ2) is 8.56. The van der Waals surface area contributed by atoms with Crippen LogP contribution in [-0.4, -0.2) is 44.4 Å². The number of nitrogens with one attached hydrogen (secondary N) is 2. The average molecular weight is 464 g/mol. The minimum absolute atomic E-state index is 0.0733. The molecule has 0 spiro atoms. The van der Waals surface area contributed by atoms with Gasteiger partial charge in [-0.3, -0.25) is 4.79 Å². The third-order valence-corrected chi connectivity index (χ3v) is 6.69. The first-order chi connectivity index (χ1) is 15.6. The zero-order valence-electron chi connectivity index (χ0n) is 16.9. The zero-order chi connectivity index (χ0) is 22.1. The molecule has 0 aliphatic heterocycles. The maximum Gasteiger partial charge on any atom is 0.341 e. The first-order valence-electron chi connectivity index (χ1n) is 9.86. The van der Waals surface area contributed by atoms with Crippen LogP contribution in [0.1, 0.15) is 17.3 Å². The zero-order valence-corrected chi connectivity index (χ0v) is 18.5. The molecule has 8 nitrogen and oxygen atoms in total. The number of aromatic nitrogens is 4. The van der Waals surface area contributed by atoms with Crippen LogP contribution in [0.25, 0.3) is 32.2 Å². The smallest absolute Gasteiger partial charge is 0.341 e. The number of aromatic amines is 1. The van der Waals surface area contributed by atoms with Gasteiger partial charge in [0.15, 0.2) is 5.65 Å². The molecule has 0 fully saturated rings. The molecular formula is C22H17N5O3S2. The predicted octanol–water partition coefficient (Wildman–Crippen LogP) is 4.63. The van der Waals surface area contributed by atoms with E-state index in [1.807, 2.05) is 48.5 Å². The number of nitrogens with zero attached hydrogens (tertiary/aromatic N) is 3. The molecule has 32 heavy (non-hydrogen) atoms. The van der Waals surface area contributed by atoms with Crippen LogP contribution < -0.4 is 5.32 Å². The summed E-state index contributed by atoms with van der Waals surface area (Å²) in [4.78, 5) is 32.8. The van der Waals surface area contributed by atoms with Crippen LogP contribution in [0, 0.1) is 0 Å². The van der Waals surface area contributed by atoms with Crippen molar-refractivity contribution in [2.24, 2.45) is 0 Å². The summed E-state index contributed by atoms with van der Waals surface area (Å²) in [7, 11) is 0. The number of hydrogen-bond donors (Lipinski definition) is 2. The maximum atomic E-state index is 12.6. The molecule has 3 heterocycles. The van der Waals surface area contributed by atoms with E-state index in [1.165, 1.54) is 23.1 Å². The molecular weight excluding hydrogens is 446 g/mol. The molecule has 0 unspecified atom stereocenters. The average Bonchev–Trinajstić information content (AvgIpc) is 3.35. The van der Waals surface area contributed by atoms with Crippen LogP contribution in [0.2, 0.25) is 0 Å². The van der Waals surface area contributed by atoms with Crippen LogP contribution >= 0.6 is 23.1 Å². The first kappa shape index (κ1) is 20.4. The number of thioether (sulfide) groups is 1. The molecule has 0 aliphatic carbocycles. The highest BCUT2D eigenvalue weighted by molar-refractivity contribution is 7.99. The lowest BCUT2D eigenvalue weighted by atomic mass is 10.1. The number of ether oxygens (including phenoxy) is 1. The van der Waals surface area contributed by atoms with Crippen LogP contribution in [0.4, 0.5) is 5.00 Å². The molecule has 0 aliphatic rings. The second-order valence-electron chi connectivity index (χ2n) is 6.82. The van der Waals surface area contributed by atoms with Gasteiger partial charge < -0.3 is 15.0 Å². The van der Waals surface area contributed by atoms with Crippen molar-refractivity contribution >= 4 is 72.1 Å². The Morgan fingerprint density at radius 2 is 1.88 bits per heavy atom. The highest BCUT2D eigenvalue weighted by Gasteiger charge is 2.21. The Morgan fingerprint density at radius 3 is 2.72 bits per heavy atom. The quantitative estimate of drug-likeness (QED) is 0.279. The predicted molar refractivity (Wildman–Crippen MR) is 126 cm³/mol. The number of esters is 1. The van der Waals surface area contributed by atoms with Gasteiger partial charge in [-0.2, -0.15) is 0 Å². The van der Waals surface area contributed by atoms with Crippen LogP contribution in [0.15, 0.2) is 53.7 Å². The van der Waals surface area contributed by atoms with Gasteiger partial charge in [0.25, 0.3) is 0 Å². The lowest BCUT2D eigenvalue weighted by Crippen LogP contribution is -2.16. The Hall–Kier alpha value is -3.50. The van der Waals surface area contributed by atoms with E-state index in [0.29, 0.717) is 26.9 Å². The van der Waals surface area contributed by atoms with Crippen molar-refractivity contribution in [3.8, 4) is 0 Å². The highest BCUT2D eigenvalue weighted by atomic mass is 32.2. The molecule has 160 valence electrons. The SMILES string of the molecule is CCOC(=O)c1c(NC(=O)CSc2nnc3c(n2)[nH]c2ccccc23)sc2ccccc12. The summed E-state index contributed by atoms with van der Waals surface area (Å²) < 4.78 is 6.09. The number of H-pyrrole nitrogens is 1. The topological polar surface area (TPSA) is 110 Å². The van der Waals surface area contributed by atoms with Crippen molar-refractivity contribution in [3.63, 3.8) is 0 Å². The van der Waals surface area contributed by atoms with Gasteiger partial charge in [-0.05, 0) is 19.1 Å². The van der Waals surface area contributed by atoms with Gasteiger partial charge >= 0.3 is 5.97 Å². The fourth-order valence-electron chi connectivity index (χ4n) is 3.40. The molecule has 0 bridgehead atoms. The number of fused-ring (bicyclic) bond motifs is 4. The molecule has 5 rings (SSSR count). The molecule has 5 aromatic rings. The van der Waals surface area contributed by atoms with Gasteiger partial charge in [0.05, 0.1) is 12.4 Å². The summed E-state index contributed by atoms with van der Waals surface area (Å²) in [5, 5.41) is 13.8. The van der Waals surface area contributed by atoms with Crippen molar-refractivity contribution < 1.29 is 14.3 Å². The lowest BCUT2D eigenvalue weighted by Gasteiger charge is -2.06. The summed E-state index contributed by atoms with van der Waals surface area (Å²) in [5.41, 5.74) is 2.63. The molecule has 3 aromatic heterocycles. The number of carbonyl (C=O) groups is 2. The van der Waals surface area contributed by atoms with Gasteiger partial charge in [0, 0.05) is 21.0 Å². The van der Waals surface area contributed by atoms with E-state index in [-0.39, 0.29) is 18.3 Å². The van der Waals surface area contributed by atoms with Gasteiger partial charge in [-0.15, -0.1) is 21.5 Å². The van der Waals surface area contributed by atoms with Gasteiger partial charge in [0.1, 0.15) is 16.1 Å². The van der Waals surface area contributed by atoms with Gasteiger partial charge in [-0.25, -0.2) is 9.78 Å². The van der Waals surface area contributed by atoms with Crippen molar-refractivity contribution in [2.45, 2.75) is 12.1 Å². The number of thiophene rings is 1. The number of amides is 1. The number of anilines is 1. The van der Waals surface area contributed by atoms with E-state index in [4.69, 9.17) is 4.74 Å². The number of rotatable bonds is 6. The molecule has 1 amide bonds. The van der Waals surface area contributed by atoms with Crippen LogP contribution in [-0.2, 0) is 9.53 Å². The fourth-order valence-corrected chi connectivity index (χ4v) is 5.09. The fraction of sp³-hybridized carbons (Fsp3) is 0.136. The van der Waals surface area contributed by atoms with E-state index < -0.39 is 5.97 Å². The largest absolute Gasteiger partial charge is 0.462 e. The Kier molecular flexibility index (Phi) is 5.46. The van der Waals surface area contributed by atoms with Gasteiger partial charge in [-0.1, -0.05) is 48.2 Å². The Balaban J connectivity index is 1.34. The monoisotopic (exact) mass is 463 g/mol. The van der Waals surface area contributed by atoms with Crippen LogP contribution in [0.3, 0.4) is 0 Å². The van der Waals surface area contributed by atoms with E-state index in [9.17, 15) is 9.59 Å². The van der Waals surface area contributed by atoms with Crippen LogP contribution in [0.5, 0.6) is 0 Å². The maximum absolute atomic E-state index is 12.6. The number of hydrogen-bond acceptors (Lipinski definition) is 8. The van der Waals surface area contributed by atoms with Crippen molar-refractivity contribution in [3.05, 3.63) is 54.1 Å². The van der Waals surface area contributed by atoms with E-state index >= 15 is 0 Å². The second-order valence-corrected chi connectivity index (χ2v) is 8.82. The standard InChI is InChI=1S/C22H17N5O3S2/c1-2-30-21(29)17-13-8-4-6-10-15(13)32-20(17)24-16(28)11-31-22-25-19-18(26-27-22)12-7-3-5-9-14(12)23-19/h3-10H,2,11H2,1H3,(H,24,28)(H,23,25,27). The number of carbonyl (C=O) groups excluding carboxylic acids is 2. The van der Waals surface area contributed by atoms with E-state index in [1.54, 1.807) is 6.92 Å². The minimum Gasteiger partial charge on any atom is -0.462 e. The number of para-hydroxylation sites is 1. The summed E-state index contributed by atoms with van der Waals surface area (Å²) >= 11 is 2.52. The van der Waals surface area contributed by atoms with Gasteiger partial charge in [0.2, 0.25) is 11.1 Å². The number of benzene rings is 2. The molecule has 10 heteroatoms.